The number of hydrogen-bond donors (Lipinski definition) is 0. The summed E-state index contributed by atoms with van der Waals surface area (Å²) in [5, 5.41) is 0.671. The molecule has 0 heterocycles. The lowest BCUT2D eigenvalue weighted by molar-refractivity contribution is -0.125. The van der Waals surface area contributed by atoms with Crippen molar-refractivity contribution in [2.75, 3.05) is 4.90 Å². The Morgan fingerprint density at radius 1 is 1.22 bits per heavy atom. The summed E-state index contributed by atoms with van der Waals surface area (Å²) in [6, 6.07) is 7.82. The minimum atomic E-state index is -0.0585. The summed E-state index contributed by atoms with van der Waals surface area (Å²) < 4.78 is 0. The SMILES string of the molecule is CCCCCC(C)N(C(=O)C(C)C(C)(C)C)c1cccc(Cl)c1. The first-order chi connectivity index (χ1) is 10.7. The van der Waals surface area contributed by atoms with Gasteiger partial charge in [-0.3, -0.25) is 4.79 Å². The molecule has 3 heteroatoms. The zero-order valence-corrected chi connectivity index (χ0v) is 16.3. The van der Waals surface area contributed by atoms with E-state index in [9.17, 15) is 4.79 Å². The van der Waals surface area contributed by atoms with Crippen LogP contribution in [0.1, 0.15) is 67.2 Å². The summed E-state index contributed by atoms with van der Waals surface area (Å²) in [6.45, 7) is 12.7. The maximum atomic E-state index is 13.2. The van der Waals surface area contributed by atoms with E-state index >= 15 is 0 Å². The first-order valence-corrected chi connectivity index (χ1v) is 9.15. The second-order valence-corrected chi connectivity index (χ2v) is 8.06. The van der Waals surface area contributed by atoms with E-state index in [1.165, 1.54) is 12.8 Å². The number of hydrogen-bond acceptors (Lipinski definition) is 1. The van der Waals surface area contributed by atoms with Gasteiger partial charge < -0.3 is 4.90 Å². The van der Waals surface area contributed by atoms with Gasteiger partial charge in [0.2, 0.25) is 5.91 Å². The number of benzene rings is 1. The van der Waals surface area contributed by atoms with Gasteiger partial charge >= 0.3 is 0 Å². The maximum absolute atomic E-state index is 13.2. The van der Waals surface area contributed by atoms with E-state index in [1.54, 1.807) is 0 Å². The summed E-state index contributed by atoms with van der Waals surface area (Å²) in [5.74, 6) is 0.138. The summed E-state index contributed by atoms with van der Waals surface area (Å²) in [6.07, 6.45) is 4.56. The topological polar surface area (TPSA) is 20.3 Å². The minimum Gasteiger partial charge on any atom is -0.309 e. The van der Waals surface area contributed by atoms with Gasteiger partial charge in [0.1, 0.15) is 0 Å². The van der Waals surface area contributed by atoms with E-state index in [0.29, 0.717) is 5.02 Å². The number of rotatable bonds is 7. The van der Waals surface area contributed by atoms with Gasteiger partial charge in [0, 0.05) is 22.7 Å². The third kappa shape index (κ3) is 5.84. The highest BCUT2D eigenvalue weighted by Crippen LogP contribution is 2.31. The smallest absolute Gasteiger partial charge is 0.230 e. The Hall–Kier alpha value is -1.02. The average molecular weight is 338 g/mol. The van der Waals surface area contributed by atoms with E-state index in [2.05, 4.69) is 34.6 Å². The third-order valence-corrected chi connectivity index (χ3v) is 4.89. The van der Waals surface area contributed by atoms with Crippen LogP contribution in [-0.2, 0) is 4.79 Å². The Labute approximate surface area is 147 Å². The molecule has 0 aliphatic heterocycles. The lowest BCUT2D eigenvalue weighted by atomic mass is 9.81. The van der Waals surface area contributed by atoms with Crippen LogP contribution in [0.3, 0.4) is 0 Å². The number of carbonyl (C=O) groups is 1. The summed E-state index contributed by atoms with van der Waals surface area (Å²) in [5.41, 5.74) is 0.847. The molecule has 2 atom stereocenters. The molecule has 23 heavy (non-hydrogen) atoms. The van der Waals surface area contributed by atoms with Crippen LogP contribution in [0, 0.1) is 11.3 Å². The highest BCUT2D eigenvalue weighted by Gasteiger charge is 2.33. The molecule has 0 aromatic heterocycles. The quantitative estimate of drug-likeness (QED) is 0.533. The Morgan fingerprint density at radius 2 is 1.87 bits per heavy atom. The minimum absolute atomic E-state index is 0.0462. The molecule has 1 rings (SSSR count). The van der Waals surface area contributed by atoms with E-state index in [0.717, 1.165) is 18.5 Å². The fourth-order valence-corrected chi connectivity index (χ4v) is 2.81. The monoisotopic (exact) mass is 337 g/mol. The second kappa shape index (κ2) is 8.73. The molecule has 2 unspecified atom stereocenters. The van der Waals surface area contributed by atoms with Gasteiger partial charge in [-0.15, -0.1) is 0 Å². The van der Waals surface area contributed by atoms with Crippen molar-refractivity contribution >= 4 is 23.2 Å². The molecule has 0 saturated carbocycles. The molecular formula is C20H32ClNO. The molecule has 0 radical (unpaired) electrons. The molecule has 0 fully saturated rings. The van der Waals surface area contributed by atoms with Crippen molar-refractivity contribution in [3.8, 4) is 0 Å². The summed E-state index contributed by atoms with van der Waals surface area (Å²) in [4.78, 5) is 15.1. The van der Waals surface area contributed by atoms with Gasteiger partial charge in [-0.2, -0.15) is 0 Å². The highest BCUT2D eigenvalue weighted by atomic mass is 35.5. The average Bonchev–Trinajstić information content (AvgIpc) is 2.46. The zero-order valence-electron chi connectivity index (χ0n) is 15.5. The molecular weight excluding hydrogens is 306 g/mol. The molecule has 0 aliphatic carbocycles. The summed E-state index contributed by atoms with van der Waals surface area (Å²) >= 11 is 6.16. The first-order valence-electron chi connectivity index (χ1n) is 8.77. The van der Waals surface area contributed by atoms with Gasteiger partial charge in [0.15, 0.2) is 0 Å². The largest absolute Gasteiger partial charge is 0.309 e. The van der Waals surface area contributed by atoms with Crippen LogP contribution >= 0.6 is 11.6 Å². The third-order valence-electron chi connectivity index (χ3n) is 4.66. The highest BCUT2D eigenvalue weighted by molar-refractivity contribution is 6.30. The second-order valence-electron chi connectivity index (χ2n) is 7.62. The van der Waals surface area contributed by atoms with E-state index in [4.69, 9.17) is 11.6 Å². The molecule has 1 aromatic carbocycles. The van der Waals surface area contributed by atoms with Crippen LogP contribution in [0.5, 0.6) is 0 Å². The Bertz CT molecular complexity index is 507. The predicted molar refractivity (Wildman–Crippen MR) is 101 cm³/mol. The van der Waals surface area contributed by atoms with Crippen molar-refractivity contribution < 1.29 is 4.79 Å². The molecule has 0 bridgehead atoms. The van der Waals surface area contributed by atoms with Crippen molar-refractivity contribution in [3.63, 3.8) is 0 Å². The molecule has 1 amide bonds. The van der Waals surface area contributed by atoms with Crippen molar-refractivity contribution in [1.29, 1.82) is 0 Å². The van der Waals surface area contributed by atoms with Crippen LogP contribution in [0.15, 0.2) is 24.3 Å². The maximum Gasteiger partial charge on any atom is 0.230 e. The standard InChI is InChI=1S/C20H32ClNO/c1-7-8-9-11-15(2)22(18-13-10-12-17(21)14-18)19(23)16(3)20(4,5)6/h10,12-16H,7-9,11H2,1-6H3. The van der Waals surface area contributed by atoms with Crippen LogP contribution in [0.25, 0.3) is 0 Å². The van der Waals surface area contributed by atoms with Crippen LogP contribution in [0.2, 0.25) is 5.02 Å². The van der Waals surface area contributed by atoms with E-state index < -0.39 is 0 Å². The van der Waals surface area contributed by atoms with Crippen molar-refractivity contribution in [1.82, 2.24) is 0 Å². The number of nitrogens with zero attached hydrogens (tertiary/aromatic N) is 1. The Balaban J connectivity index is 3.08. The van der Waals surface area contributed by atoms with Crippen molar-refractivity contribution in [3.05, 3.63) is 29.3 Å². The lowest BCUT2D eigenvalue weighted by Gasteiger charge is -2.36. The van der Waals surface area contributed by atoms with Gasteiger partial charge in [-0.1, -0.05) is 71.5 Å². The normalized spacial score (nSPS) is 14.4. The van der Waals surface area contributed by atoms with Gasteiger partial charge in [0.05, 0.1) is 0 Å². The molecule has 0 saturated heterocycles. The van der Waals surface area contributed by atoms with Crippen molar-refractivity contribution in [2.45, 2.75) is 73.3 Å². The number of halogens is 1. The van der Waals surface area contributed by atoms with Gasteiger partial charge in [-0.25, -0.2) is 0 Å². The fourth-order valence-electron chi connectivity index (χ4n) is 2.62. The first kappa shape index (κ1) is 20.0. The number of unbranched alkanes of at least 4 members (excludes halogenated alkanes) is 2. The molecule has 0 spiro atoms. The lowest BCUT2D eigenvalue weighted by Crippen LogP contribution is -2.45. The van der Waals surface area contributed by atoms with Crippen LogP contribution in [0.4, 0.5) is 5.69 Å². The molecule has 0 N–H and O–H groups in total. The van der Waals surface area contributed by atoms with Crippen LogP contribution in [-0.4, -0.2) is 11.9 Å². The fraction of sp³-hybridized carbons (Fsp3) is 0.650. The van der Waals surface area contributed by atoms with Gasteiger partial charge in [-0.05, 0) is 37.0 Å². The van der Waals surface area contributed by atoms with E-state index in [-0.39, 0.29) is 23.3 Å². The number of anilines is 1. The number of amides is 1. The summed E-state index contributed by atoms with van der Waals surface area (Å²) in [7, 11) is 0. The van der Waals surface area contributed by atoms with Crippen LogP contribution < -0.4 is 4.90 Å². The van der Waals surface area contributed by atoms with Gasteiger partial charge in [0.25, 0.3) is 0 Å². The number of carbonyl (C=O) groups excluding carboxylic acids is 1. The zero-order chi connectivity index (χ0) is 17.6. The predicted octanol–water partition coefficient (Wildman–Crippen LogP) is 6.32. The molecule has 0 aliphatic rings. The molecule has 1 aromatic rings. The molecule has 2 nitrogen and oxygen atoms in total. The Kier molecular flexibility index (Phi) is 7.60. The van der Waals surface area contributed by atoms with Crippen molar-refractivity contribution in [2.24, 2.45) is 11.3 Å². The molecule has 130 valence electrons. The van der Waals surface area contributed by atoms with E-state index in [1.807, 2.05) is 36.1 Å². The Morgan fingerprint density at radius 3 is 2.39 bits per heavy atom.